The largest absolute Gasteiger partial charge is 0.457 e. The van der Waals surface area contributed by atoms with E-state index in [0.29, 0.717) is 5.92 Å². The van der Waals surface area contributed by atoms with E-state index in [1.54, 1.807) is 0 Å². The first-order valence-corrected chi connectivity index (χ1v) is 7.04. The molecule has 0 bridgehead atoms. The van der Waals surface area contributed by atoms with E-state index in [1.807, 2.05) is 13.8 Å². The molecule has 3 nitrogen and oxygen atoms in total. The number of aliphatic hydroxyl groups is 1. The Morgan fingerprint density at radius 3 is 2.72 bits per heavy atom. The fraction of sp³-hybridized carbons (Fsp3) is 0.800. The lowest BCUT2D eigenvalue weighted by molar-refractivity contribution is -0.143. The summed E-state index contributed by atoms with van der Waals surface area (Å²) >= 11 is 0. The first-order valence-electron chi connectivity index (χ1n) is 7.04. The molecule has 1 N–H and O–H groups in total. The van der Waals surface area contributed by atoms with Crippen molar-refractivity contribution < 1.29 is 14.6 Å². The first kappa shape index (κ1) is 12.2. The van der Waals surface area contributed by atoms with Gasteiger partial charge in [-0.25, -0.2) is 0 Å². The minimum Gasteiger partial charge on any atom is -0.457 e. The summed E-state index contributed by atoms with van der Waals surface area (Å²) in [5, 5.41) is 10.1. The molecule has 0 unspecified atom stereocenters. The lowest BCUT2D eigenvalue weighted by atomic mass is 9.59. The molecule has 1 saturated heterocycles. The SMILES string of the molecule is CC1=C2[C@H]3OC(=O)[C@@H](C)[C@@H]3CC[C@@]2(C)CC[C@H]1O. The Balaban J connectivity index is 2.06. The van der Waals surface area contributed by atoms with Crippen molar-refractivity contribution in [2.24, 2.45) is 17.3 Å². The molecule has 0 amide bonds. The molecule has 0 aromatic rings. The van der Waals surface area contributed by atoms with Gasteiger partial charge in [-0.1, -0.05) is 13.8 Å². The van der Waals surface area contributed by atoms with Crippen molar-refractivity contribution in [3.63, 3.8) is 0 Å². The summed E-state index contributed by atoms with van der Waals surface area (Å²) in [6.07, 6.45) is 3.63. The van der Waals surface area contributed by atoms with Crippen LogP contribution in [0.5, 0.6) is 0 Å². The molecule has 2 aliphatic carbocycles. The van der Waals surface area contributed by atoms with Gasteiger partial charge in [0.1, 0.15) is 6.10 Å². The Kier molecular flexibility index (Phi) is 2.60. The average Bonchev–Trinajstić information content (AvgIpc) is 2.60. The smallest absolute Gasteiger partial charge is 0.309 e. The monoisotopic (exact) mass is 250 g/mol. The van der Waals surface area contributed by atoms with E-state index < -0.39 is 0 Å². The number of esters is 1. The molecule has 3 heteroatoms. The number of ether oxygens (including phenoxy) is 1. The summed E-state index contributed by atoms with van der Waals surface area (Å²) in [5.41, 5.74) is 2.42. The minimum absolute atomic E-state index is 0.0129. The van der Waals surface area contributed by atoms with Gasteiger partial charge in [0.2, 0.25) is 0 Å². The predicted octanol–water partition coefficient (Wildman–Crippen LogP) is 2.44. The Hall–Kier alpha value is -0.830. The van der Waals surface area contributed by atoms with Gasteiger partial charge < -0.3 is 9.84 Å². The molecule has 0 aromatic heterocycles. The molecular formula is C15H22O3. The zero-order valence-corrected chi connectivity index (χ0v) is 11.4. The quantitative estimate of drug-likeness (QED) is 0.530. The van der Waals surface area contributed by atoms with Crippen LogP contribution in [0.15, 0.2) is 11.1 Å². The molecule has 3 aliphatic rings. The van der Waals surface area contributed by atoms with Gasteiger partial charge in [-0.15, -0.1) is 0 Å². The van der Waals surface area contributed by atoms with Crippen molar-refractivity contribution in [1.82, 2.24) is 0 Å². The fourth-order valence-corrected chi connectivity index (χ4v) is 4.21. The summed E-state index contributed by atoms with van der Waals surface area (Å²) in [5.74, 6) is 0.273. The number of hydrogen-bond acceptors (Lipinski definition) is 3. The maximum atomic E-state index is 11.8. The summed E-state index contributed by atoms with van der Waals surface area (Å²) in [6.45, 7) is 6.26. The van der Waals surface area contributed by atoms with Gasteiger partial charge >= 0.3 is 5.97 Å². The molecule has 100 valence electrons. The van der Waals surface area contributed by atoms with E-state index in [2.05, 4.69) is 6.92 Å². The van der Waals surface area contributed by atoms with Gasteiger partial charge in [0, 0.05) is 5.92 Å². The van der Waals surface area contributed by atoms with Crippen molar-refractivity contribution in [2.45, 2.75) is 58.7 Å². The fourth-order valence-electron chi connectivity index (χ4n) is 4.21. The molecule has 0 radical (unpaired) electrons. The molecule has 1 heterocycles. The first-order chi connectivity index (χ1) is 8.44. The molecule has 1 saturated carbocycles. The number of hydrogen-bond donors (Lipinski definition) is 1. The molecule has 1 aliphatic heterocycles. The second kappa shape index (κ2) is 3.83. The van der Waals surface area contributed by atoms with Crippen molar-refractivity contribution in [2.75, 3.05) is 0 Å². The van der Waals surface area contributed by atoms with Gasteiger partial charge in [-0.3, -0.25) is 4.79 Å². The minimum atomic E-state index is -0.346. The number of carbonyl (C=O) groups excluding carboxylic acids is 1. The highest BCUT2D eigenvalue weighted by molar-refractivity contribution is 5.75. The van der Waals surface area contributed by atoms with Crippen LogP contribution in [0.1, 0.15) is 46.5 Å². The Bertz CT molecular complexity index is 425. The molecule has 2 fully saturated rings. The molecule has 3 rings (SSSR count). The van der Waals surface area contributed by atoms with Gasteiger partial charge in [-0.2, -0.15) is 0 Å². The molecule has 0 aromatic carbocycles. The number of fused-ring (bicyclic) bond motifs is 3. The third-order valence-electron chi connectivity index (χ3n) is 5.50. The standard InChI is InChI=1S/C15H22O3/c1-8-10-4-6-15(3)7-5-11(16)9(2)12(15)13(10)18-14(8)17/h8,10-11,13,16H,4-7H2,1-3H3/t8-,10-,11+,13-,15-/m0/s1. The van der Waals surface area contributed by atoms with Crippen LogP contribution in [0.2, 0.25) is 0 Å². The highest BCUT2D eigenvalue weighted by Gasteiger charge is 2.53. The molecule has 5 atom stereocenters. The maximum absolute atomic E-state index is 11.8. The van der Waals surface area contributed by atoms with E-state index in [-0.39, 0.29) is 29.5 Å². The highest BCUT2D eigenvalue weighted by Crippen LogP contribution is 2.55. The summed E-state index contributed by atoms with van der Waals surface area (Å²) in [6, 6.07) is 0. The van der Waals surface area contributed by atoms with Crippen molar-refractivity contribution in [3.8, 4) is 0 Å². The third kappa shape index (κ3) is 1.49. The topological polar surface area (TPSA) is 46.5 Å². The summed E-state index contributed by atoms with van der Waals surface area (Å²) in [4.78, 5) is 11.8. The van der Waals surface area contributed by atoms with Crippen LogP contribution in [-0.2, 0) is 9.53 Å². The highest BCUT2D eigenvalue weighted by atomic mass is 16.6. The Morgan fingerprint density at radius 1 is 1.33 bits per heavy atom. The van der Waals surface area contributed by atoms with Gasteiger partial charge in [-0.05, 0) is 49.2 Å². The van der Waals surface area contributed by atoms with E-state index in [0.717, 1.165) is 31.3 Å². The average molecular weight is 250 g/mol. The molecule has 0 spiro atoms. The Labute approximate surface area is 108 Å². The van der Waals surface area contributed by atoms with Crippen molar-refractivity contribution >= 4 is 5.97 Å². The van der Waals surface area contributed by atoms with Crippen LogP contribution in [0.25, 0.3) is 0 Å². The lowest BCUT2D eigenvalue weighted by Gasteiger charge is -2.47. The van der Waals surface area contributed by atoms with Gasteiger partial charge in [0.25, 0.3) is 0 Å². The van der Waals surface area contributed by atoms with Crippen LogP contribution in [-0.4, -0.2) is 23.3 Å². The number of carbonyl (C=O) groups is 1. The number of rotatable bonds is 0. The predicted molar refractivity (Wildman–Crippen MR) is 67.8 cm³/mol. The number of aliphatic hydroxyl groups excluding tert-OH is 1. The van der Waals surface area contributed by atoms with Crippen LogP contribution >= 0.6 is 0 Å². The van der Waals surface area contributed by atoms with Crippen molar-refractivity contribution in [1.29, 1.82) is 0 Å². The van der Waals surface area contributed by atoms with Crippen LogP contribution in [0.4, 0.5) is 0 Å². The summed E-state index contributed by atoms with van der Waals surface area (Å²) < 4.78 is 5.62. The van der Waals surface area contributed by atoms with Crippen LogP contribution in [0, 0.1) is 17.3 Å². The zero-order chi connectivity index (χ0) is 13.1. The second-order valence-electron chi connectivity index (χ2n) is 6.56. The molecule has 18 heavy (non-hydrogen) atoms. The van der Waals surface area contributed by atoms with Crippen LogP contribution in [0.3, 0.4) is 0 Å². The normalized spacial score (nSPS) is 47.7. The van der Waals surface area contributed by atoms with E-state index in [4.69, 9.17) is 4.74 Å². The Morgan fingerprint density at radius 2 is 2.00 bits per heavy atom. The van der Waals surface area contributed by atoms with E-state index in [9.17, 15) is 9.90 Å². The van der Waals surface area contributed by atoms with E-state index >= 15 is 0 Å². The lowest BCUT2D eigenvalue weighted by Crippen LogP contribution is -2.42. The molecular weight excluding hydrogens is 228 g/mol. The zero-order valence-electron chi connectivity index (χ0n) is 11.4. The van der Waals surface area contributed by atoms with Crippen LogP contribution < -0.4 is 0 Å². The second-order valence-corrected chi connectivity index (χ2v) is 6.56. The van der Waals surface area contributed by atoms with Gasteiger partial charge in [0.15, 0.2) is 0 Å². The van der Waals surface area contributed by atoms with Crippen molar-refractivity contribution in [3.05, 3.63) is 11.1 Å². The third-order valence-corrected chi connectivity index (χ3v) is 5.50. The summed E-state index contributed by atoms with van der Waals surface area (Å²) in [7, 11) is 0. The van der Waals surface area contributed by atoms with Gasteiger partial charge in [0.05, 0.1) is 12.0 Å². The maximum Gasteiger partial charge on any atom is 0.309 e. The van der Waals surface area contributed by atoms with E-state index in [1.165, 1.54) is 5.57 Å².